The molecule has 1 N–H and O–H groups in total. The maximum absolute atomic E-state index is 6.21. The molecule has 0 aliphatic carbocycles. The van der Waals surface area contributed by atoms with Gasteiger partial charge in [-0.1, -0.05) is 0 Å². The molecule has 0 unspecified atom stereocenters. The van der Waals surface area contributed by atoms with Crippen molar-refractivity contribution in [2.45, 2.75) is 25.9 Å². The van der Waals surface area contributed by atoms with Crippen molar-refractivity contribution in [2.75, 3.05) is 44.8 Å². The van der Waals surface area contributed by atoms with Crippen molar-refractivity contribution < 1.29 is 9.47 Å². The topological polar surface area (TPSA) is 126 Å². The maximum atomic E-state index is 6.21. The van der Waals surface area contributed by atoms with Crippen LogP contribution in [-0.4, -0.2) is 88.6 Å². The molecule has 7 heterocycles. The molecule has 0 spiro atoms. The van der Waals surface area contributed by atoms with Crippen molar-refractivity contribution in [3.63, 3.8) is 0 Å². The Balaban J connectivity index is 1.23. The standard InChI is InChI=1S/C27H31N11O2/c1-18-4-10-40-27-21(16-30-35(27)2)26-28-5-3-23(33-26)32-24-13-22-20(15-29-24)25(34-38(18)22)19-14-31-37(17-19)7-6-36-8-11-39-12-9-36/h3,5,13-18H,4,6-12H2,1-2H3,(H,28,29,32,33)/t18-/m0/s1. The Morgan fingerprint density at radius 3 is 2.83 bits per heavy atom. The molecule has 7 rings (SSSR count). The Kier molecular flexibility index (Phi) is 6.36. The van der Waals surface area contributed by atoms with E-state index in [1.54, 1.807) is 17.1 Å². The summed E-state index contributed by atoms with van der Waals surface area (Å²) in [6, 6.07) is 3.90. The lowest BCUT2D eigenvalue weighted by molar-refractivity contribution is 0.0360. The van der Waals surface area contributed by atoms with E-state index in [4.69, 9.17) is 24.5 Å². The van der Waals surface area contributed by atoms with E-state index in [2.05, 4.69) is 43.2 Å². The Morgan fingerprint density at radius 1 is 1.02 bits per heavy atom. The van der Waals surface area contributed by atoms with Gasteiger partial charge in [-0.2, -0.15) is 15.3 Å². The van der Waals surface area contributed by atoms with E-state index in [0.717, 1.165) is 73.5 Å². The summed E-state index contributed by atoms with van der Waals surface area (Å²) in [6.45, 7) is 7.91. The van der Waals surface area contributed by atoms with Crippen molar-refractivity contribution in [3.8, 4) is 28.5 Å². The van der Waals surface area contributed by atoms with Gasteiger partial charge in [0.2, 0.25) is 5.88 Å². The molecule has 0 amide bonds. The van der Waals surface area contributed by atoms with Gasteiger partial charge in [0, 0.05) is 68.7 Å². The van der Waals surface area contributed by atoms with E-state index in [9.17, 15) is 0 Å². The minimum atomic E-state index is 0.0663. The van der Waals surface area contributed by atoms with E-state index in [0.29, 0.717) is 29.9 Å². The fourth-order valence-corrected chi connectivity index (χ4v) is 5.22. The molecule has 1 saturated heterocycles. The minimum absolute atomic E-state index is 0.0663. The van der Waals surface area contributed by atoms with Gasteiger partial charge in [-0.15, -0.1) is 0 Å². The Bertz CT molecular complexity index is 1650. The third-order valence-corrected chi connectivity index (χ3v) is 7.48. The molecule has 5 aromatic heterocycles. The molecule has 40 heavy (non-hydrogen) atoms. The van der Waals surface area contributed by atoms with E-state index in [1.165, 1.54) is 0 Å². The zero-order valence-electron chi connectivity index (χ0n) is 22.6. The number of nitrogens with one attached hydrogen (secondary N) is 1. The van der Waals surface area contributed by atoms with Gasteiger partial charge in [0.15, 0.2) is 5.82 Å². The van der Waals surface area contributed by atoms with Crippen LogP contribution in [-0.2, 0) is 18.3 Å². The van der Waals surface area contributed by atoms with Crippen LogP contribution in [0.1, 0.15) is 19.4 Å². The summed E-state index contributed by atoms with van der Waals surface area (Å²) < 4.78 is 17.4. The van der Waals surface area contributed by atoms with Crippen LogP contribution in [0.25, 0.3) is 33.5 Å². The molecule has 2 aliphatic heterocycles. The lowest BCUT2D eigenvalue weighted by Gasteiger charge is -2.26. The van der Waals surface area contributed by atoms with Gasteiger partial charge in [-0.25, -0.2) is 19.6 Å². The van der Waals surface area contributed by atoms with Crippen molar-refractivity contribution in [2.24, 2.45) is 7.05 Å². The van der Waals surface area contributed by atoms with Crippen LogP contribution < -0.4 is 10.1 Å². The molecule has 0 saturated carbocycles. The highest BCUT2D eigenvalue weighted by molar-refractivity contribution is 5.94. The van der Waals surface area contributed by atoms with Gasteiger partial charge >= 0.3 is 0 Å². The van der Waals surface area contributed by atoms with Crippen molar-refractivity contribution in [1.82, 2.24) is 49.2 Å². The fraction of sp³-hybridized carbons (Fsp3) is 0.407. The molecular formula is C27H31N11O2. The van der Waals surface area contributed by atoms with Gasteiger partial charge < -0.3 is 14.8 Å². The average Bonchev–Trinajstić information content (AvgIpc) is 3.69. The third kappa shape index (κ3) is 4.67. The first-order chi connectivity index (χ1) is 19.6. The second kappa shape index (κ2) is 10.3. The number of rotatable bonds is 4. The predicted octanol–water partition coefficient (Wildman–Crippen LogP) is 2.90. The molecule has 1 fully saturated rings. The number of pyridine rings is 1. The van der Waals surface area contributed by atoms with Crippen LogP contribution in [0.2, 0.25) is 0 Å². The molecule has 206 valence electrons. The first-order valence-electron chi connectivity index (χ1n) is 13.6. The molecule has 2 aliphatic rings. The highest BCUT2D eigenvalue weighted by atomic mass is 16.5. The lowest BCUT2D eigenvalue weighted by atomic mass is 10.1. The maximum Gasteiger partial charge on any atom is 0.222 e. The average molecular weight is 542 g/mol. The predicted molar refractivity (Wildman–Crippen MR) is 148 cm³/mol. The summed E-state index contributed by atoms with van der Waals surface area (Å²) in [5.74, 6) is 2.48. The second-order valence-electron chi connectivity index (χ2n) is 10.2. The van der Waals surface area contributed by atoms with E-state index < -0.39 is 0 Å². The summed E-state index contributed by atoms with van der Waals surface area (Å²) in [7, 11) is 1.85. The molecule has 5 aromatic rings. The first-order valence-corrected chi connectivity index (χ1v) is 13.6. The van der Waals surface area contributed by atoms with Crippen molar-refractivity contribution in [3.05, 3.63) is 43.1 Å². The zero-order valence-corrected chi connectivity index (χ0v) is 22.6. The van der Waals surface area contributed by atoms with Gasteiger partial charge in [0.25, 0.3) is 0 Å². The van der Waals surface area contributed by atoms with Gasteiger partial charge in [0.05, 0.1) is 50.3 Å². The Labute approximate surface area is 230 Å². The van der Waals surface area contributed by atoms with E-state index in [1.807, 2.05) is 36.3 Å². The molecular weight excluding hydrogens is 510 g/mol. The second-order valence-corrected chi connectivity index (χ2v) is 10.2. The van der Waals surface area contributed by atoms with E-state index in [-0.39, 0.29) is 6.04 Å². The summed E-state index contributed by atoms with van der Waals surface area (Å²) in [5, 5.41) is 18.4. The van der Waals surface area contributed by atoms with Crippen molar-refractivity contribution >= 4 is 22.5 Å². The third-order valence-electron chi connectivity index (χ3n) is 7.48. The number of hydrogen-bond acceptors (Lipinski definition) is 10. The SMILES string of the molecule is C[C@H]1CCOc2c(cnn2C)-c2nccc(n2)Nc2cc3c(cn2)c(-c2cnn(CCN4CCOCC4)c2)nn31. The Morgan fingerprint density at radius 2 is 1.93 bits per heavy atom. The highest BCUT2D eigenvalue weighted by Crippen LogP contribution is 2.33. The monoisotopic (exact) mass is 541 g/mol. The normalized spacial score (nSPS) is 17.8. The van der Waals surface area contributed by atoms with Crippen LogP contribution in [0.5, 0.6) is 5.88 Å². The molecule has 4 bridgehead atoms. The van der Waals surface area contributed by atoms with Gasteiger partial charge in [0.1, 0.15) is 22.9 Å². The number of anilines is 2. The molecule has 13 heteroatoms. The molecule has 0 radical (unpaired) electrons. The number of aromatic nitrogens is 9. The number of nitrogens with zero attached hydrogens (tertiary/aromatic N) is 10. The first kappa shape index (κ1) is 24.7. The number of fused-ring (bicyclic) bond motifs is 5. The number of aryl methyl sites for hydroxylation is 1. The van der Waals surface area contributed by atoms with Crippen molar-refractivity contribution in [1.29, 1.82) is 0 Å². The molecule has 1 atom stereocenters. The fourth-order valence-electron chi connectivity index (χ4n) is 5.22. The van der Waals surface area contributed by atoms with Crippen LogP contribution in [0.3, 0.4) is 0 Å². The quantitative estimate of drug-likeness (QED) is 0.363. The smallest absolute Gasteiger partial charge is 0.222 e. The lowest BCUT2D eigenvalue weighted by Crippen LogP contribution is -2.38. The summed E-state index contributed by atoms with van der Waals surface area (Å²) in [4.78, 5) is 16.3. The highest BCUT2D eigenvalue weighted by Gasteiger charge is 2.21. The number of hydrogen-bond donors (Lipinski definition) is 1. The number of ether oxygens (including phenoxy) is 2. The minimum Gasteiger partial charge on any atom is -0.477 e. The zero-order chi connectivity index (χ0) is 27.1. The van der Waals surface area contributed by atoms with E-state index >= 15 is 0 Å². The van der Waals surface area contributed by atoms with Crippen LogP contribution in [0, 0.1) is 0 Å². The van der Waals surface area contributed by atoms with Gasteiger partial charge in [-0.3, -0.25) is 14.3 Å². The molecule has 13 nitrogen and oxygen atoms in total. The summed E-state index contributed by atoms with van der Waals surface area (Å²) >= 11 is 0. The van der Waals surface area contributed by atoms with Crippen LogP contribution in [0.15, 0.2) is 43.1 Å². The summed E-state index contributed by atoms with van der Waals surface area (Å²) in [5.41, 5.74) is 3.55. The largest absolute Gasteiger partial charge is 0.477 e. The van der Waals surface area contributed by atoms with Crippen LogP contribution in [0.4, 0.5) is 11.6 Å². The summed E-state index contributed by atoms with van der Waals surface area (Å²) in [6.07, 6.45) is 10.0. The number of morpholine rings is 1. The van der Waals surface area contributed by atoms with Gasteiger partial charge in [-0.05, 0) is 13.0 Å². The molecule has 0 aromatic carbocycles. The van der Waals surface area contributed by atoms with Crippen LogP contribution >= 0.6 is 0 Å². The Hall–Kier alpha value is -4.36.